The molecule has 0 unspecified atom stereocenters. The van der Waals surface area contributed by atoms with Crippen LogP contribution in [-0.4, -0.2) is 9.97 Å². The number of benzene rings is 1. The Kier molecular flexibility index (Phi) is 3.73. The lowest BCUT2D eigenvalue weighted by Crippen LogP contribution is -1.89. The average molecular weight is 445 g/mol. The van der Waals surface area contributed by atoms with Gasteiger partial charge in [-0.1, -0.05) is 23.7 Å². The van der Waals surface area contributed by atoms with E-state index in [1.165, 1.54) is 3.57 Å². The van der Waals surface area contributed by atoms with E-state index >= 15 is 0 Å². The van der Waals surface area contributed by atoms with Gasteiger partial charge in [-0.25, -0.2) is 9.97 Å². The van der Waals surface area contributed by atoms with Gasteiger partial charge in [0.25, 0.3) is 0 Å². The molecule has 3 rings (SSSR count). The Labute approximate surface area is 137 Å². The summed E-state index contributed by atoms with van der Waals surface area (Å²) in [5.41, 5.74) is 2.69. The van der Waals surface area contributed by atoms with Gasteiger partial charge in [0.05, 0.1) is 5.69 Å². The Morgan fingerprint density at radius 3 is 2.79 bits per heavy atom. The van der Waals surface area contributed by atoms with Crippen LogP contribution in [0.2, 0.25) is 5.15 Å². The van der Waals surface area contributed by atoms with E-state index in [4.69, 9.17) is 11.6 Å². The maximum atomic E-state index is 6.12. The second kappa shape index (κ2) is 5.34. The number of hydrogen-bond acceptors (Lipinski definition) is 2. The Morgan fingerprint density at radius 2 is 2.00 bits per heavy atom. The second-order valence-electron chi connectivity index (χ2n) is 4.00. The first-order valence-electron chi connectivity index (χ1n) is 5.52. The van der Waals surface area contributed by atoms with Gasteiger partial charge in [0, 0.05) is 25.2 Å². The third kappa shape index (κ3) is 2.61. The molecule has 0 saturated heterocycles. The van der Waals surface area contributed by atoms with Gasteiger partial charge in [-0.05, 0) is 62.8 Å². The van der Waals surface area contributed by atoms with Crippen molar-refractivity contribution in [3.8, 4) is 11.3 Å². The van der Waals surface area contributed by atoms with Crippen LogP contribution in [0.5, 0.6) is 0 Å². The van der Waals surface area contributed by atoms with E-state index in [-0.39, 0.29) is 0 Å². The molecule has 0 saturated carbocycles. The molecule has 0 spiro atoms. The van der Waals surface area contributed by atoms with E-state index in [0.29, 0.717) is 10.7 Å². The van der Waals surface area contributed by atoms with Crippen molar-refractivity contribution in [3.63, 3.8) is 0 Å². The van der Waals surface area contributed by atoms with Crippen LogP contribution in [0.4, 0.5) is 0 Å². The summed E-state index contributed by atoms with van der Waals surface area (Å²) in [6, 6.07) is 12.2. The third-order valence-corrected chi connectivity index (χ3v) is 4.34. The van der Waals surface area contributed by atoms with Gasteiger partial charge in [-0.15, -0.1) is 0 Å². The van der Waals surface area contributed by atoms with Gasteiger partial charge in [-0.3, -0.25) is 0 Å². The zero-order chi connectivity index (χ0) is 13.4. The Hall–Kier alpha value is -0.720. The fourth-order valence-corrected chi connectivity index (χ4v) is 3.02. The molecule has 0 bridgehead atoms. The lowest BCUT2D eigenvalue weighted by molar-refractivity contribution is 1.30. The van der Waals surface area contributed by atoms with E-state index in [2.05, 4.69) is 60.6 Å². The normalized spacial score (nSPS) is 10.9. The number of nitrogens with zero attached hydrogens (tertiary/aromatic N) is 2. The molecule has 19 heavy (non-hydrogen) atoms. The highest BCUT2D eigenvalue weighted by Crippen LogP contribution is 2.29. The number of pyridine rings is 2. The molecule has 1 aromatic carbocycles. The van der Waals surface area contributed by atoms with Crippen molar-refractivity contribution in [2.75, 3.05) is 0 Å². The fourth-order valence-electron chi connectivity index (χ4n) is 1.86. The molecule has 0 atom stereocenters. The minimum absolute atomic E-state index is 0.422. The summed E-state index contributed by atoms with van der Waals surface area (Å²) < 4.78 is 2.07. The summed E-state index contributed by atoms with van der Waals surface area (Å²) >= 11 is 11.9. The van der Waals surface area contributed by atoms with Crippen LogP contribution in [0.1, 0.15) is 0 Å². The number of rotatable bonds is 1. The van der Waals surface area contributed by atoms with E-state index in [1.807, 2.05) is 24.3 Å². The van der Waals surface area contributed by atoms with E-state index in [0.717, 1.165) is 21.1 Å². The molecule has 0 aliphatic carbocycles. The molecule has 0 N–H and O–H groups in total. The maximum Gasteiger partial charge on any atom is 0.155 e. The van der Waals surface area contributed by atoms with Gasteiger partial charge >= 0.3 is 0 Å². The first-order chi connectivity index (χ1) is 9.15. The van der Waals surface area contributed by atoms with Crippen molar-refractivity contribution in [2.45, 2.75) is 0 Å². The minimum atomic E-state index is 0.422. The summed E-state index contributed by atoms with van der Waals surface area (Å²) in [7, 11) is 0. The quantitative estimate of drug-likeness (QED) is 0.374. The average Bonchev–Trinajstić information content (AvgIpc) is 2.43. The molecular formula is C14H7BrClIN2. The van der Waals surface area contributed by atoms with Crippen LogP contribution in [0.3, 0.4) is 0 Å². The molecule has 0 aliphatic rings. The molecule has 3 aromatic rings. The minimum Gasteiger partial charge on any atom is -0.244 e. The van der Waals surface area contributed by atoms with Gasteiger partial charge in [0.2, 0.25) is 0 Å². The first kappa shape index (κ1) is 13.3. The fraction of sp³-hybridized carbons (Fsp3) is 0. The highest BCUT2D eigenvalue weighted by Gasteiger charge is 2.08. The van der Waals surface area contributed by atoms with Crippen molar-refractivity contribution in [2.24, 2.45) is 0 Å². The van der Waals surface area contributed by atoms with Gasteiger partial charge in [0.1, 0.15) is 5.52 Å². The molecule has 0 radical (unpaired) electrons. The topological polar surface area (TPSA) is 25.8 Å². The largest absolute Gasteiger partial charge is 0.244 e. The number of fused-ring (bicyclic) bond motifs is 1. The van der Waals surface area contributed by atoms with Crippen LogP contribution < -0.4 is 0 Å². The number of hydrogen-bond donors (Lipinski definition) is 0. The molecule has 94 valence electrons. The molecule has 0 fully saturated rings. The monoisotopic (exact) mass is 444 g/mol. The predicted octanol–water partition coefficient (Wildman–Crippen LogP) is 5.32. The zero-order valence-corrected chi connectivity index (χ0v) is 14.1. The van der Waals surface area contributed by atoms with E-state index in [9.17, 15) is 0 Å². The summed E-state index contributed by atoms with van der Waals surface area (Å²) in [4.78, 5) is 8.73. The molecule has 0 aliphatic heterocycles. The van der Waals surface area contributed by atoms with Gasteiger partial charge < -0.3 is 0 Å². The van der Waals surface area contributed by atoms with Gasteiger partial charge in [-0.2, -0.15) is 0 Å². The molecule has 5 heteroatoms. The summed E-state index contributed by atoms with van der Waals surface area (Å²) in [5, 5.41) is 1.39. The first-order valence-corrected chi connectivity index (χ1v) is 7.77. The van der Waals surface area contributed by atoms with E-state index < -0.39 is 0 Å². The highest BCUT2D eigenvalue weighted by atomic mass is 127. The van der Waals surface area contributed by atoms with Crippen LogP contribution in [0.25, 0.3) is 22.2 Å². The van der Waals surface area contributed by atoms with Crippen molar-refractivity contribution < 1.29 is 0 Å². The van der Waals surface area contributed by atoms with Gasteiger partial charge in [0.15, 0.2) is 5.15 Å². The SMILES string of the molecule is Clc1ncc(Br)c2ccc(-c3cccc(I)c3)nc12. The van der Waals surface area contributed by atoms with Crippen LogP contribution >= 0.6 is 50.1 Å². The second-order valence-corrected chi connectivity index (χ2v) is 6.46. The number of halogens is 3. The molecule has 0 amide bonds. The van der Waals surface area contributed by atoms with Crippen LogP contribution in [0.15, 0.2) is 47.1 Å². The Balaban J connectivity index is 2.25. The molecule has 2 aromatic heterocycles. The molecule has 2 nitrogen and oxygen atoms in total. The Bertz CT molecular complexity index is 776. The van der Waals surface area contributed by atoms with Crippen molar-refractivity contribution in [1.29, 1.82) is 0 Å². The zero-order valence-electron chi connectivity index (χ0n) is 9.57. The van der Waals surface area contributed by atoms with Crippen molar-refractivity contribution in [1.82, 2.24) is 9.97 Å². The summed E-state index contributed by atoms with van der Waals surface area (Å²) in [6.07, 6.45) is 1.69. The smallest absolute Gasteiger partial charge is 0.155 e. The lowest BCUT2D eigenvalue weighted by Gasteiger charge is -2.06. The van der Waals surface area contributed by atoms with Crippen LogP contribution in [-0.2, 0) is 0 Å². The van der Waals surface area contributed by atoms with Crippen LogP contribution in [0, 0.1) is 3.57 Å². The van der Waals surface area contributed by atoms with Crippen molar-refractivity contribution in [3.05, 3.63) is 55.8 Å². The standard InChI is InChI=1S/C14H7BrClIN2/c15-11-7-18-14(16)13-10(11)4-5-12(19-13)8-2-1-3-9(17)6-8/h1-7H. The third-order valence-electron chi connectivity index (χ3n) is 2.76. The Morgan fingerprint density at radius 1 is 1.16 bits per heavy atom. The summed E-state index contributed by atoms with van der Waals surface area (Å²) in [6.45, 7) is 0. The highest BCUT2D eigenvalue weighted by molar-refractivity contribution is 14.1. The predicted molar refractivity (Wildman–Crippen MR) is 90.4 cm³/mol. The maximum absolute atomic E-state index is 6.12. The van der Waals surface area contributed by atoms with Crippen molar-refractivity contribution >= 4 is 61.0 Å². The molecular weight excluding hydrogens is 438 g/mol. The lowest BCUT2D eigenvalue weighted by atomic mass is 10.1. The molecule has 2 heterocycles. The number of aromatic nitrogens is 2. The summed E-state index contributed by atoms with van der Waals surface area (Å²) in [5.74, 6) is 0. The van der Waals surface area contributed by atoms with E-state index in [1.54, 1.807) is 6.20 Å².